The van der Waals surface area contributed by atoms with Gasteiger partial charge in [-0.05, 0) is 32.0 Å². The molecule has 0 spiro atoms. The second kappa shape index (κ2) is 6.25. The Morgan fingerprint density at radius 3 is 2.53 bits per heavy atom. The molecule has 0 aliphatic heterocycles. The summed E-state index contributed by atoms with van der Waals surface area (Å²) in [4.78, 5) is 11.3. The highest BCUT2D eigenvalue weighted by atomic mass is 35.5. The molecule has 0 saturated heterocycles. The van der Waals surface area contributed by atoms with Crippen LogP contribution >= 0.6 is 11.6 Å². The van der Waals surface area contributed by atoms with Crippen molar-refractivity contribution in [1.29, 1.82) is 0 Å². The number of amides is 1. The van der Waals surface area contributed by atoms with Gasteiger partial charge in [0.05, 0.1) is 16.0 Å². The molecule has 2 N–H and O–H groups in total. The van der Waals surface area contributed by atoms with Crippen LogP contribution in [0.25, 0.3) is 0 Å². The van der Waals surface area contributed by atoms with Gasteiger partial charge in [0, 0.05) is 12.1 Å². The lowest BCUT2D eigenvalue weighted by Gasteiger charge is -2.13. The second-order valence-electron chi connectivity index (χ2n) is 4.29. The molecule has 0 unspecified atom stereocenters. The molecule has 1 aromatic rings. The van der Waals surface area contributed by atoms with Crippen LogP contribution in [-0.4, -0.2) is 19.6 Å². The van der Waals surface area contributed by atoms with Crippen LogP contribution in [0.2, 0.25) is 5.02 Å². The van der Waals surface area contributed by atoms with Crippen molar-refractivity contribution in [3.8, 4) is 0 Å². The molecule has 0 aromatic heterocycles. The fourth-order valence-corrected chi connectivity index (χ4v) is 2.13. The maximum absolute atomic E-state index is 11.8. The summed E-state index contributed by atoms with van der Waals surface area (Å²) in [6.45, 7) is 4.87. The number of anilines is 2. The van der Waals surface area contributed by atoms with E-state index in [1.54, 1.807) is 26.8 Å². The Balaban J connectivity index is 3.01. The molecule has 0 radical (unpaired) electrons. The van der Waals surface area contributed by atoms with Gasteiger partial charge >= 0.3 is 0 Å². The number of nitrogens with one attached hydrogen (secondary N) is 2. The number of hydrogen-bond donors (Lipinski definition) is 2. The van der Waals surface area contributed by atoms with Crippen LogP contribution in [0.3, 0.4) is 0 Å². The Bertz CT molecular complexity index is 570. The fourth-order valence-electron chi connectivity index (χ4n) is 1.20. The Hall–Kier alpha value is -1.27. The van der Waals surface area contributed by atoms with E-state index in [-0.39, 0.29) is 16.6 Å². The van der Waals surface area contributed by atoms with E-state index in [1.165, 1.54) is 12.1 Å². The van der Waals surface area contributed by atoms with Gasteiger partial charge in [-0.25, -0.2) is 8.42 Å². The molecule has 7 heteroatoms. The molecule has 0 aliphatic carbocycles. The van der Waals surface area contributed by atoms with Crippen LogP contribution in [0, 0.1) is 0 Å². The highest BCUT2D eigenvalue weighted by Crippen LogP contribution is 2.27. The molecule has 0 atom stereocenters. The van der Waals surface area contributed by atoms with Crippen LogP contribution in [0.4, 0.5) is 11.4 Å². The molecule has 1 rings (SSSR count). The Morgan fingerprint density at radius 2 is 2.00 bits per heavy atom. The number of hydrogen-bond acceptors (Lipinski definition) is 3. The summed E-state index contributed by atoms with van der Waals surface area (Å²) in [5.74, 6) is -0.153. The predicted molar refractivity (Wildman–Crippen MR) is 78.1 cm³/mol. The maximum atomic E-state index is 11.8. The molecule has 0 fully saturated rings. The lowest BCUT2D eigenvalue weighted by molar-refractivity contribution is -0.115. The molecule has 106 valence electrons. The van der Waals surface area contributed by atoms with E-state index in [0.717, 1.165) is 0 Å². The SMILES string of the molecule is CCC(=O)Nc1ccc(Cl)c(NS(=O)(=O)C(C)C)c1. The van der Waals surface area contributed by atoms with Crippen molar-refractivity contribution in [2.24, 2.45) is 0 Å². The number of sulfonamides is 1. The van der Waals surface area contributed by atoms with Crippen molar-refractivity contribution in [3.63, 3.8) is 0 Å². The number of benzene rings is 1. The lowest BCUT2D eigenvalue weighted by atomic mass is 10.2. The van der Waals surface area contributed by atoms with Gasteiger partial charge in [-0.3, -0.25) is 9.52 Å². The van der Waals surface area contributed by atoms with Crippen LogP contribution in [0.5, 0.6) is 0 Å². The van der Waals surface area contributed by atoms with Crippen molar-refractivity contribution < 1.29 is 13.2 Å². The molecule has 0 aliphatic rings. The summed E-state index contributed by atoms with van der Waals surface area (Å²) in [6, 6.07) is 4.64. The number of carbonyl (C=O) groups is 1. The zero-order chi connectivity index (χ0) is 14.6. The normalized spacial score (nSPS) is 11.4. The summed E-state index contributed by atoms with van der Waals surface area (Å²) in [7, 11) is -3.47. The molecular formula is C12H17ClN2O3S. The van der Waals surface area contributed by atoms with Crippen molar-refractivity contribution >= 4 is 38.9 Å². The molecule has 1 aromatic carbocycles. The van der Waals surface area contributed by atoms with Crippen LogP contribution in [0.1, 0.15) is 27.2 Å². The lowest BCUT2D eigenvalue weighted by Crippen LogP contribution is -2.22. The number of carbonyl (C=O) groups excluding carboxylic acids is 1. The first kappa shape index (κ1) is 15.8. The topological polar surface area (TPSA) is 75.3 Å². The third kappa shape index (κ3) is 4.40. The van der Waals surface area contributed by atoms with Crippen molar-refractivity contribution in [2.45, 2.75) is 32.4 Å². The van der Waals surface area contributed by atoms with E-state index < -0.39 is 15.3 Å². The van der Waals surface area contributed by atoms with E-state index in [1.807, 2.05) is 0 Å². The molecular weight excluding hydrogens is 288 g/mol. The number of rotatable bonds is 5. The van der Waals surface area contributed by atoms with Crippen LogP contribution < -0.4 is 10.0 Å². The zero-order valence-corrected chi connectivity index (χ0v) is 12.6. The average molecular weight is 305 g/mol. The third-order valence-electron chi connectivity index (χ3n) is 2.44. The Kier molecular flexibility index (Phi) is 5.20. The summed E-state index contributed by atoms with van der Waals surface area (Å²) in [5.41, 5.74) is 0.752. The zero-order valence-electron chi connectivity index (χ0n) is 11.0. The largest absolute Gasteiger partial charge is 0.326 e. The minimum absolute atomic E-state index is 0.153. The maximum Gasteiger partial charge on any atom is 0.235 e. The van der Waals surface area contributed by atoms with Crippen molar-refractivity contribution in [1.82, 2.24) is 0 Å². The van der Waals surface area contributed by atoms with Gasteiger partial charge in [-0.1, -0.05) is 18.5 Å². The highest BCUT2D eigenvalue weighted by molar-refractivity contribution is 7.93. The Labute approximate surface area is 118 Å². The summed E-state index contributed by atoms with van der Waals surface area (Å²) in [5, 5.41) is 2.35. The van der Waals surface area contributed by atoms with E-state index >= 15 is 0 Å². The van der Waals surface area contributed by atoms with E-state index in [2.05, 4.69) is 10.0 Å². The van der Waals surface area contributed by atoms with Gasteiger partial charge in [0.25, 0.3) is 0 Å². The highest BCUT2D eigenvalue weighted by Gasteiger charge is 2.17. The molecule has 0 heterocycles. The second-order valence-corrected chi connectivity index (χ2v) is 6.94. The summed E-state index contributed by atoms with van der Waals surface area (Å²) >= 11 is 5.94. The first-order valence-electron chi connectivity index (χ1n) is 5.87. The van der Waals surface area contributed by atoms with Gasteiger partial charge in [0.2, 0.25) is 15.9 Å². The van der Waals surface area contributed by atoms with Crippen molar-refractivity contribution in [3.05, 3.63) is 23.2 Å². The van der Waals surface area contributed by atoms with Gasteiger partial charge in [-0.2, -0.15) is 0 Å². The minimum Gasteiger partial charge on any atom is -0.326 e. The Morgan fingerprint density at radius 1 is 1.37 bits per heavy atom. The monoisotopic (exact) mass is 304 g/mol. The quantitative estimate of drug-likeness (QED) is 0.878. The minimum atomic E-state index is -3.47. The molecule has 5 nitrogen and oxygen atoms in total. The molecule has 0 saturated carbocycles. The molecule has 19 heavy (non-hydrogen) atoms. The first-order chi connectivity index (χ1) is 8.76. The van der Waals surface area contributed by atoms with Crippen LogP contribution in [0.15, 0.2) is 18.2 Å². The first-order valence-corrected chi connectivity index (χ1v) is 7.79. The predicted octanol–water partition coefficient (Wildman–Crippen LogP) is 2.84. The standard InChI is InChI=1S/C12H17ClN2O3S/c1-4-12(16)14-9-5-6-10(13)11(7-9)15-19(17,18)8(2)3/h5-8,15H,4H2,1-3H3,(H,14,16). The van der Waals surface area contributed by atoms with E-state index in [0.29, 0.717) is 12.1 Å². The van der Waals surface area contributed by atoms with Gasteiger partial charge in [-0.15, -0.1) is 0 Å². The molecule has 0 bridgehead atoms. The third-order valence-corrected chi connectivity index (χ3v) is 4.52. The average Bonchev–Trinajstić information content (AvgIpc) is 2.32. The number of halogens is 1. The van der Waals surface area contributed by atoms with Gasteiger partial charge < -0.3 is 5.32 Å². The fraction of sp³-hybridized carbons (Fsp3) is 0.417. The summed E-state index contributed by atoms with van der Waals surface area (Å²) < 4.78 is 26.0. The smallest absolute Gasteiger partial charge is 0.235 e. The van der Waals surface area contributed by atoms with E-state index in [4.69, 9.17) is 11.6 Å². The van der Waals surface area contributed by atoms with Crippen LogP contribution in [-0.2, 0) is 14.8 Å². The van der Waals surface area contributed by atoms with Crippen molar-refractivity contribution in [2.75, 3.05) is 10.0 Å². The summed E-state index contributed by atoms with van der Waals surface area (Å²) in [6.07, 6.45) is 0.343. The van der Waals surface area contributed by atoms with Gasteiger partial charge in [0.15, 0.2) is 0 Å². The molecule has 1 amide bonds. The van der Waals surface area contributed by atoms with Gasteiger partial charge in [0.1, 0.15) is 0 Å². The van der Waals surface area contributed by atoms with E-state index in [9.17, 15) is 13.2 Å².